The summed E-state index contributed by atoms with van der Waals surface area (Å²) in [5.74, 6) is 0.549. The van der Waals surface area contributed by atoms with Crippen LogP contribution in [-0.2, 0) is 4.79 Å². The summed E-state index contributed by atoms with van der Waals surface area (Å²) in [6, 6.07) is 12.5. The maximum atomic E-state index is 13.0. The van der Waals surface area contributed by atoms with Crippen LogP contribution in [0.4, 0.5) is 0 Å². The van der Waals surface area contributed by atoms with Gasteiger partial charge in [0.25, 0.3) is 11.8 Å². The zero-order valence-electron chi connectivity index (χ0n) is 17.6. The van der Waals surface area contributed by atoms with E-state index in [0.717, 1.165) is 5.56 Å². The standard InChI is InChI=1S/C23H28N2O4/c1-6-25(7-2)23(27)19(24-22(26)18-11-8-16(3)9-12-18)14-17-10-13-20(28-4)21(15-17)29-5/h8-15H,6-7H2,1-5H3,(H,24,26)/b19-14-. The fourth-order valence-electron chi connectivity index (χ4n) is 2.84. The van der Waals surface area contributed by atoms with E-state index in [2.05, 4.69) is 5.32 Å². The topological polar surface area (TPSA) is 67.9 Å². The molecule has 0 fully saturated rings. The lowest BCUT2D eigenvalue weighted by Gasteiger charge is -2.21. The van der Waals surface area contributed by atoms with Crippen molar-refractivity contribution in [3.05, 3.63) is 64.9 Å². The van der Waals surface area contributed by atoms with Crippen molar-refractivity contribution in [3.63, 3.8) is 0 Å². The van der Waals surface area contributed by atoms with E-state index in [1.54, 1.807) is 55.5 Å². The number of nitrogens with zero attached hydrogens (tertiary/aromatic N) is 1. The molecular formula is C23H28N2O4. The van der Waals surface area contributed by atoms with Crippen molar-refractivity contribution < 1.29 is 19.1 Å². The molecule has 6 heteroatoms. The second kappa shape index (κ2) is 10.3. The minimum Gasteiger partial charge on any atom is -0.493 e. The van der Waals surface area contributed by atoms with E-state index in [4.69, 9.17) is 9.47 Å². The van der Waals surface area contributed by atoms with Crippen LogP contribution in [0.3, 0.4) is 0 Å². The Balaban J connectivity index is 2.41. The van der Waals surface area contributed by atoms with Gasteiger partial charge in [-0.2, -0.15) is 0 Å². The third kappa shape index (κ3) is 5.60. The molecule has 0 aromatic heterocycles. The molecule has 2 rings (SSSR count). The molecule has 0 saturated heterocycles. The van der Waals surface area contributed by atoms with Gasteiger partial charge in [0.05, 0.1) is 14.2 Å². The van der Waals surface area contributed by atoms with Gasteiger partial charge >= 0.3 is 0 Å². The van der Waals surface area contributed by atoms with Crippen LogP contribution in [-0.4, -0.2) is 44.0 Å². The molecule has 0 aliphatic carbocycles. The first kappa shape index (κ1) is 22.0. The highest BCUT2D eigenvalue weighted by atomic mass is 16.5. The summed E-state index contributed by atoms with van der Waals surface area (Å²) < 4.78 is 10.6. The maximum Gasteiger partial charge on any atom is 0.270 e. The molecule has 29 heavy (non-hydrogen) atoms. The van der Waals surface area contributed by atoms with E-state index in [9.17, 15) is 9.59 Å². The van der Waals surface area contributed by atoms with Crippen molar-refractivity contribution in [1.29, 1.82) is 0 Å². The van der Waals surface area contributed by atoms with Gasteiger partial charge < -0.3 is 19.7 Å². The number of hydrogen-bond donors (Lipinski definition) is 1. The number of benzene rings is 2. The Labute approximate surface area is 172 Å². The average molecular weight is 396 g/mol. The first-order valence-electron chi connectivity index (χ1n) is 9.54. The first-order valence-corrected chi connectivity index (χ1v) is 9.54. The molecule has 1 N–H and O–H groups in total. The van der Waals surface area contributed by atoms with Gasteiger partial charge in [-0.3, -0.25) is 9.59 Å². The number of nitrogens with one attached hydrogen (secondary N) is 1. The molecule has 0 radical (unpaired) electrons. The zero-order chi connectivity index (χ0) is 21.4. The summed E-state index contributed by atoms with van der Waals surface area (Å²) >= 11 is 0. The number of amides is 2. The van der Waals surface area contributed by atoms with Gasteiger partial charge in [0, 0.05) is 18.7 Å². The van der Waals surface area contributed by atoms with Crippen molar-refractivity contribution in [2.24, 2.45) is 0 Å². The van der Waals surface area contributed by atoms with E-state index < -0.39 is 0 Å². The predicted molar refractivity (Wildman–Crippen MR) is 114 cm³/mol. The van der Waals surface area contributed by atoms with Crippen molar-refractivity contribution in [3.8, 4) is 11.5 Å². The number of carbonyl (C=O) groups excluding carboxylic acids is 2. The van der Waals surface area contributed by atoms with Crippen molar-refractivity contribution >= 4 is 17.9 Å². The third-order valence-electron chi connectivity index (χ3n) is 4.56. The summed E-state index contributed by atoms with van der Waals surface area (Å²) in [4.78, 5) is 27.4. The molecule has 0 aliphatic heterocycles. The Bertz CT molecular complexity index is 884. The minimum atomic E-state index is -0.336. The van der Waals surface area contributed by atoms with Gasteiger partial charge in [-0.1, -0.05) is 23.8 Å². The van der Waals surface area contributed by atoms with E-state index in [1.165, 1.54) is 0 Å². The SMILES string of the molecule is CCN(CC)C(=O)/C(=C/c1ccc(OC)c(OC)c1)NC(=O)c1ccc(C)cc1. The quantitative estimate of drug-likeness (QED) is 0.692. The van der Waals surface area contributed by atoms with Crippen molar-refractivity contribution in [2.75, 3.05) is 27.3 Å². The Morgan fingerprint density at radius 1 is 0.966 bits per heavy atom. The molecule has 0 atom stereocenters. The smallest absolute Gasteiger partial charge is 0.270 e. The monoisotopic (exact) mass is 396 g/mol. The van der Waals surface area contributed by atoms with Crippen LogP contribution in [0.1, 0.15) is 35.3 Å². The van der Waals surface area contributed by atoms with Crippen LogP contribution in [0, 0.1) is 6.92 Å². The molecule has 0 heterocycles. The van der Waals surface area contributed by atoms with Crippen LogP contribution in [0.25, 0.3) is 6.08 Å². The second-order valence-electron chi connectivity index (χ2n) is 6.47. The molecule has 2 amide bonds. The molecule has 154 valence electrons. The fraction of sp³-hybridized carbons (Fsp3) is 0.304. The fourth-order valence-corrected chi connectivity index (χ4v) is 2.84. The maximum absolute atomic E-state index is 13.0. The molecule has 0 saturated carbocycles. The number of methoxy groups -OCH3 is 2. The molecule has 0 aliphatic rings. The van der Waals surface area contributed by atoms with Gasteiger partial charge in [0.2, 0.25) is 0 Å². The molecule has 2 aromatic carbocycles. The van der Waals surface area contributed by atoms with Gasteiger partial charge in [-0.25, -0.2) is 0 Å². The Hall–Kier alpha value is -3.28. The van der Waals surface area contributed by atoms with E-state index >= 15 is 0 Å². The van der Waals surface area contributed by atoms with Gasteiger partial charge in [0.15, 0.2) is 11.5 Å². The average Bonchev–Trinajstić information content (AvgIpc) is 2.74. The number of rotatable bonds is 8. The molecule has 2 aromatic rings. The zero-order valence-corrected chi connectivity index (χ0v) is 17.6. The number of carbonyl (C=O) groups is 2. The van der Waals surface area contributed by atoms with E-state index in [1.807, 2.05) is 32.9 Å². The normalized spacial score (nSPS) is 11.0. The van der Waals surface area contributed by atoms with Crippen molar-refractivity contribution in [1.82, 2.24) is 10.2 Å². The number of ether oxygens (including phenoxy) is 2. The van der Waals surface area contributed by atoms with Crippen LogP contribution in [0.2, 0.25) is 0 Å². The van der Waals surface area contributed by atoms with Crippen LogP contribution in [0.15, 0.2) is 48.2 Å². The third-order valence-corrected chi connectivity index (χ3v) is 4.56. The first-order chi connectivity index (χ1) is 13.9. The lowest BCUT2D eigenvalue weighted by Crippen LogP contribution is -2.38. The Morgan fingerprint density at radius 3 is 2.14 bits per heavy atom. The summed E-state index contributed by atoms with van der Waals surface area (Å²) in [6.45, 7) is 6.83. The highest BCUT2D eigenvalue weighted by molar-refractivity contribution is 6.05. The van der Waals surface area contributed by atoms with Crippen LogP contribution >= 0.6 is 0 Å². The lowest BCUT2D eigenvalue weighted by molar-refractivity contribution is -0.127. The summed E-state index contributed by atoms with van der Waals surface area (Å²) in [5.41, 5.74) is 2.46. The number of aryl methyl sites for hydroxylation is 1. The minimum absolute atomic E-state index is 0.200. The van der Waals surface area contributed by atoms with E-state index in [0.29, 0.717) is 35.7 Å². The molecule has 0 bridgehead atoms. The lowest BCUT2D eigenvalue weighted by atomic mass is 10.1. The largest absolute Gasteiger partial charge is 0.493 e. The van der Waals surface area contributed by atoms with Crippen molar-refractivity contribution in [2.45, 2.75) is 20.8 Å². The van der Waals surface area contributed by atoms with Gasteiger partial charge in [-0.15, -0.1) is 0 Å². The van der Waals surface area contributed by atoms with Crippen LogP contribution < -0.4 is 14.8 Å². The molecule has 0 unspecified atom stereocenters. The number of likely N-dealkylation sites (N-methyl/N-ethyl adjacent to an activating group) is 1. The van der Waals surface area contributed by atoms with E-state index in [-0.39, 0.29) is 17.5 Å². The highest BCUT2D eigenvalue weighted by Crippen LogP contribution is 2.28. The van der Waals surface area contributed by atoms with Gasteiger partial charge in [-0.05, 0) is 56.7 Å². The Kier molecular flexibility index (Phi) is 7.83. The molecule has 6 nitrogen and oxygen atoms in total. The molecular weight excluding hydrogens is 368 g/mol. The number of hydrogen-bond acceptors (Lipinski definition) is 4. The summed E-state index contributed by atoms with van der Waals surface area (Å²) in [7, 11) is 3.11. The summed E-state index contributed by atoms with van der Waals surface area (Å²) in [5, 5.41) is 2.78. The second-order valence-corrected chi connectivity index (χ2v) is 6.47. The van der Waals surface area contributed by atoms with Gasteiger partial charge in [0.1, 0.15) is 5.70 Å². The Morgan fingerprint density at radius 2 is 1.59 bits per heavy atom. The predicted octanol–water partition coefficient (Wildman–Crippen LogP) is 3.65. The highest BCUT2D eigenvalue weighted by Gasteiger charge is 2.19. The summed E-state index contributed by atoms with van der Waals surface area (Å²) in [6.07, 6.45) is 1.65. The van der Waals surface area contributed by atoms with Crippen LogP contribution in [0.5, 0.6) is 11.5 Å². The molecule has 0 spiro atoms.